The van der Waals surface area contributed by atoms with E-state index in [-0.39, 0.29) is 11.4 Å². The summed E-state index contributed by atoms with van der Waals surface area (Å²) in [6.07, 6.45) is 0. The number of nitrogens with one attached hydrogen (secondary N) is 1. The summed E-state index contributed by atoms with van der Waals surface area (Å²) in [5.41, 5.74) is 2.63. The van der Waals surface area contributed by atoms with E-state index in [2.05, 4.69) is 59.1 Å². The molecular weight excluding hydrogens is 425 g/mol. The third-order valence-corrected chi connectivity index (χ3v) is 5.70. The lowest BCUT2D eigenvalue weighted by molar-refractivity contribution is 0.624. The van der Waals surface area contributed by atoms with Gasteiger partial charge in [0.2, 0.25) is 5.95 Å². The lowest BCUT2D eigenvalue weighted by Gasteiger charge is -2.22. The average molecular weight is 446 g/mol. The number of thioether (sulfide) groups is 1. The molecule has 0 aliphatic carbocycles. The molecule has 2 aromatic carbocycles. The maximum absolute atomic E-state index is 13.3. The third-order valence-electron chi connectivity index (χ3n) is 3.64. The molecule has 3 aromatic rings. The van der Waals surface area contributed by atoms with E-state index in [4.69, 9.17) is 4.98 Å². The summed E-state index contributed by atoms with van der Waals surface area (Å²) in [6, 6.07) is 16.6. The van der Waals surface area contributed by atoms with Crippen LogP contribution >= 0.6 is 27.7 Å². The van der Waals surface area contributed by atoms with E-state index >= 15 is 0 Å². The highest BCUT2D eigenvalue weighted by atomic mass is 79.9. The van der Waals surface area contributed by atoms with Gasteiger partial charge in [0, 0.05) is 16.9 Å². The fourth-order valence-electron chi connectivity index (χ4n) is 2.44. The van der Waals surface area contributed by atoms with Crippen LogP contribution in [0, 0.1) is 5.82 Å². The number of anilines is 1. The quantitative estimate of drug-likeness (QED) is 0.356. The molecule has 0 amide bonds. The summed E-state index contributed by atoms with van der Waals surface area (Å²) in [4.78, 5) is 9.36. The highest BCUT2D eigenvalue weighted by Gasteiger charge is 2.18. The standard InChI is InChI=1S/C21H21BrFN3S/c1-21(2,3)26-20-24-18(15-9-11-16(23)12-10-15)17(22)19(25-20)27-13-14-7-5-4-6-8-14/h4-12H,13H2,1-3H3,(H,24,25,26). The van der Waals surface area contributed by atoms with Gasteiger partial charge < -0.3 is 5.32 Å². The molecular formula is C21H21BrFN3S. The van der Waals surface area contributed by atoms with E-state index in [1.54, 1.807) is 23.9 Å². The molecule has 140 valence electrons. The minimum Gasteiger partial charge on any atom is -0.350 e. The molecule has 3 nitrogen and oxygen atoms in total. The molecule has 0 spiro atoms. The van der Waals surface area contributed by atoms with Gasteiger partial charge in [-0.2, -0.15) is 0 Å². The molecule has 0 radical (unpaired) electrons. The summed E-state index contributed by atoms with van der Waals surface area (Å²) < 4.78 is 14.1. The van der Waals surface area contributed by atoms with Gasteiger partial charge in [0.15, 0.2) is 0 Å². The van der Waals surface area contributed by atoms with Gasteiger partial charge in [-0.3, -0.25) is 0 Å². The van der Waals surface area contributed by atoms with Crippen LogP contribution in [0.4, 0.5) is 10.3 Å². The Morgan fingerprint density at radius 1 is 1.00 bits per heavy atom. The number of hydrogen-bond donors (Lipinski definition) is 1. The van der Waals surface area contributed by atoms with Crippen molar-refractivity contribution < 1.29 is 4.39 Å². The van der Waals surface area contributed by atoms with Crippen molar-refractivity contribution in [3.05, 3.63) is 70.5 Å². The molecule has 1 N–H and O–H groups in total. The maximum Gasteiger partial charge on any atom is 0.224 e. The van der Waals surface area contributed by atoms with Gasteiger partial charge in [0.05, 0.1) is 10.2 Å². The van der Waals surface area contributed by atoms with Crippen LogP contribution in [0.2, 0.25) is 0 Å². The number of rotatable bonds is 5. The van der Waals surface area contributed by atoms with E-state index in [9.17, 15) is 4.39 Å². The molecule has 0 bridgehead atoms. The molecule has 0 saturated heterocycles. The first-order chi connectivity index (χ1) is 12.8. The molecule has 3 rings (SSSR count). The maximum atomic E-state index is 13.3. The molecule has 0 fully saturated rings. The Hall–Kier alpha value is -1.92. The molecule has 0 atom stereocenters. The molecule has 1 heterocycles. The predicted molar refractivity (Wildman–Crippen MR) is 115 cm³/mol. The van der Waals surface area contributed by atoms with Gasteiger partial charge in [-0.15, -0.1) is 11.8 Å². The van der Waals surface area contributed by atoms with Gasteiger partial charge >= 0.3 is 0 Å². The first-order valence-corrected chi connectivity index (χ1v) is 10.4. The zero-order valence-corrected chi connectivity index (χ0v) is 17.9. The predicted octanol–water partition coefficient (Wildman–Crippen LogP) is 6.55. The van der Waals surface area contributed by atoms with E-state index in [0.29, 0.717) is 5.95 Å². The zero-order valence-electron chi connectivity index (χ0n) is 15.5. The monoisotopic (exact) mass is 445 g/mol. The Kier molecular flexibility index (Phi) is 6.17. The minimum atomic E-state index is -0.268. The van der Waals surface area contributed by atoms with Gasteiger partial charge in [0.1, 0.15) is 10.8 Å². The molecule has 0 aliphatic heterocycles. The van der Waals surface area contributed by atoms with Crippen molar-refractivity contribution in [2.75, 3.05) is 5.32 Å². The Morgan fingerprint density at radius 3 is 2.30 bits per heavy atom. The van der Waals surface area contributed by atoms with Crippen molar-refractivity contribution in [3.8, 4) is 11.3 Å². The summed E-state index contributed by atoms with van der Waals surface area (Å²) in [6.45, 7) is 6.19. The second-order valence-corrected chi connectivity index (χ2v) is 8.93. The zero-order chi connectivity index (χ0) is 19.4. The molecule has 1 aromatic heterocycles. The van der Waals surface area contributed by atoms with Crippen molar-refractivity contribution in [2.45, 2.75) is 37.1 Å². The second kappa shape index (κ2) is 8.40. The lowest BCUT2D eigenvalue weighted by Crippen LogP contribution is -2.27. The Bertz CT molecular complexity index is 909. The number of benzene rings is 2. The van der Waals surface area contributed by atoms with E-state index in [0.717, 1.165) is 26.5 Å². The number of hydrogen-bond acceptors (Lipinski definition) is 4. The first-order valence-electron chi connectivity index (χ1n) is 8.60. The van der Waals surface area contributed by atoms with Gasteiger partial charge in [0.25, 0.3) is 0 Å². The van der Waals surface area contributed by atoms with Crippen molar-refractivity contribution >= 4 is 33.6 Å². The fraction of sp³-hybridized carbons (Fsp3) is 0.238. The van der Waals surface area contributed by atoms with Crippen LogP contribution < -0.4 is 5.32 Å². The van der Waals surface area contributed by atoms with Crippen LogP contribution in [0.3, 0.4) is 0 Å². The number of halogens is 2. The SMILES string of the molecule is CC(C)(C)Nc1nc(SCc2ccccc2)c(Br)c(-c2ccc(F)cc2)n1. The number of nitrogens with zero attached hydrogens (tertiary/aromatic N) is 2. The summed E-state index contributed by atoms with van der Waals surface area (Å²) in [7, 11) is 0. The normalized spacial score (nSPS) is 11.4. The van der Waals surface area contributed by atoms with Crippen molar-refractivity contribution in [2.24, 2.45) is 0 Å². The molecule has 27 heavy (non-hydrogen) atoms. The second-order valence-electron chi connectivity index (χ2n) is 7.17. The fourth-order valence-corrected chi connectivity index (χ4v) is 4.06. The smallest absolute Gasteiger partial charge is 0.224 e. The molecule has 6 heteroatoms. The largest absolute Gasteiger partial charge is 0.350 e. The van der Waals surface area contributed by atoms with Gasteiger partial charge in [-0.05, 0) is 66.5 Å². The van der Waals surface area contributed by atoms with Crippen LogP contribution in [0.15, 0.2) is 64.1 Å². The first kappa shape index (κ1) is 19.8. The summed E-state index contributed by atoms with van der Waals surface area (Å²) in [5, 5.41) is 4.19. The van der Waals surface area contributed by atoms with Crippen LogP contribution in [0.25, 0.3) is 11.3 Å². The average Bonchev–Trinajstić information content (AvgIpc) is 2.62. The van der Waals surface area contributed by atoms with E-state index < -0.39 is 0 Å². The van der Waals surface area contributed by atoms with E-state index in [1.165, 1.54) is 17.7 Å². The van der Waals surface area contributed by atoms with E-state index in [1.807, 2.05) is 18.2 Å². The van der Waals surface area contributed by atoms with Crippen LogP contribution in [0.5, 0.6) is 0 Å². The van der Waals surface area contributed by atoms with Crippen LogP contribution in [-0.2, 0) is 5.75 Å². The lowest BCUT2D eigenvalue weighted by atomic mass is 10.1. The third kappa shape index (κ3) is 5.53. The molecule has 0 unspecified atom stereocenters. The van der Waals surface area contributed by atoms with Gasteiger partial charge in [-0.25, -0.2) is 14.4 Å². The Balaban J connectivity index is 1.98. The Labute approximate surface area is 172 Å². The topological polar surface area (TPSA) is 37.8 Å². The molecule has 0 aliphatic rings. The Morgan fingerprint density at radius 2 is 1.67 bits per heavy atom. The number of aromatic nitrogens is 2. The van der Waals surface area contributed by atoms with Crippen molar-refractivity contribution in [1.29, 1.82) is 0 Å². The van der Waals surface area contributed by atoms with Crippen LogP contribution in [0.1, 0.15) is 26.3 Å². The highest BCUT2D eigenvalue weighted by Crippen LogP contribution is 2.36. The van der Waals surface area contributed by atoms with Crippen molar-refractivity contribution in [3.63, 3.8) is 0 Å². The summed E-state index contributed by atoms with van der Waals surface area (Å²) >= 11 is 5.30. The van der Waals surface area contributed by atoms with Crippen LogP contribution in [-0.4, -0.2) is 15.5 Å². The minimum absolute atomic E-state index is 0.171. The molecule has 0 saturated carbocycles. The van der Waals surface area contributed by atoms with Gasteiger partial charge in [-0.1, -0.05) is 30.3 Å². The highest BCUT2D eigenvalue weighted by molar-refractivity contribution is 9.10. The summed E-state index contributed by atoms with van der Waals surface area (Å²) in [5.74, 6) is 1.09. The van der Waals surface area contributed by atoms with Crippen molar-refractivity contribution in [1.82, 2.24) is 9.97 Å².